The molecule has 2 heteroatoms. The van der Waals surface area contributed by atoms with E-state index in [0.29, 0.717) is 0 Å². The molecule has 1 aliphatic carbocycles. The fourth-order valence-corrected chi connectivity index (χ4v) is 13.9. The lowest BCUT2D eigenvalue weighted by Crippen LogP contribution is -2.17. The number of rotatable bonds is 6. The molecule has 0 aromatic carbocycles. The van der Waals surface area contributed by atoms with Crippen LogP contribution in [0.1, 0.15) is 79.1 Å². The summed E-state index contributed by atoms with van der Waals surface area (Å²) < 4.78 is 0. The van der Waals surface area contributed by atoms with E-state index in [1.165, 1.54) is 51.4 Å². The number of hydrogen-bond acceptors (Lipinski definition) is 0. The van der Waals surface area contributed by atoms with Crippen molar-refractivity contribution >= 4 is 15.8 Å². The Labute approximate surface area is 147 Å². The minimum Gasteiger partial charge on any atom is -0.0886 e. The molecule has 0 N–H and O–H groups in total. The van der Waals surface area contributed by atoms with Crippen molar-refractivity contribution in [1.29, 1.82) is 0 Å². The van der Waals surface area contributed by atoms with E-state index >= 15 is 0 Å². The molecule has 5 atom stereocenters. The van der Waals surface area contributed by atoms with E-state index in [9.17, 15) is 0 Å². The molecule has 0 radical (unpaired) electrons. The van der Waals surface area contributed by atoms with Crippen molar-refractivity contribution in [3.8, 4) is 0 Å². The molecule has 23 heavy (non-hydrogen) atoms. The molecule has 0 nitrogen and oxygen atoms in total. The average Bonchev–Trinajstić information content (AvgIpc) is 3.29. The van der Waals surface area contributed by atoms with E-state index in [-0.39, 0.29) is 15.8 Å². The van der Waals surface area contributed by atoms with Crippen LogP contribution >= 0.6 is 15.8 Å². The Morgan fingerprint density at radius 2 is 1.26 bits per heavy atom. The molecule has 3 rings (SSSR count). The van der Waals surface area contributed by atoms with Crippen molar-refractivity contribution in [1.82, 2.24) is 0 Å². The quantitative estimate of drug-likeness (QED) is 0.436. The highest BCUT2D eigenvalue weighted by Gasteiger charge is 2.44. The van der Waals surface area contributed by atoms with Gasteiger partial charge in [0.15, 0.2) is 0 Å². The summed E-state index contributed by atoms with van der Waals surface area (Å²) >= 11 is 0. The molecular weight excluding hydrogens is 314 g/mol. The van der Waals surface area contributed by atoms with E-state index < -0.39 is 0 Å². The van der Waals surface area contributed by atoms with Crippen molar-refractivity contribution in [2.24, 2.45) is 0 Å². The lowest BCUT2D eigenvalue weighted by molar-refractivity contribution is 0.696. The van der Waals surface area contributed by atoms with Crippen molar-refractivity contribution < 1.29 is 0 Å². The van der Waals surface area contributed by atoms with E-state index in [0.717, 1.165) is 28.3 Å². The minimum absolute atomic E-state index is 0.138. The second-order valence-corrected chi connectivity index (χ2v) is 13.4. The molecule has 0 saturated carbocycles. The first-order valence-corrected chi connectivity index (χ1v) is 13.2. The smallest absolute Gasteiger partial charge is 0.0233 e. The summed E-state index contributed by atoms with van der Waals surface area (Å²) in [6.45, 7) is 9.79. The van der Waals surface area contributed by atoms with Gasteiger partial charge in [-0.25, -0.2) is 0 Å². The molecule has 2 heterocycles. The Kier molecular flexibility index (Phi) is 6.42. The van der Waals surface area contributed by atoms with Crippen LogP contribution in [0.3, 0.4) is 0 Å². The predicted molar refractivity (Wildman–Crippen MR) is 110 cm³/mol. The zero-order valence-electron chi connectivity index (χ0n) is 15.7. The van der Waals surface area contributed by atoms with Crippen LogP contribution in [0.5, 0.6) is 0 Å². The summed E-state index contributed by atoms with van der Waals surface area (Å²) in [6, 6.07) is 0. The largest absolute Gasteiger partial charge is 0.0886 e. The van der Waals surface area contributed by atoms with E-state index in [4.69, 9.17) is 0 Å². The van der Waals surface area contributed by atoms with Gasteiger partial charge in [-0.2, -0.15) is 0 Å². The Morgan fingerprint density at radius 3 is 1.74 bits per heavy atom. The second kappa shape index (κ2) is 8.15. The first-order chi connectivity index (χ1) is 11.2. The van der Waals surface area contributed by atoms with Gasteiger partial charge in [-0.05, 0) is 79.3 Å². The Balaban J connectivity index is 1.85. The van der Waals surface area contributed by atoms with E-state index in [1.807, 2.05) is 5.31 Å². The molecule has 0 aromatic rings. The van der Waals surface area contributed by atoms with Gasteiger partial charge in [0, 0.05) is 5.66 Å². The van der Waals surface area contributed by atoms with Crippen molar-refractivity contribution in [3.63, 3.8) is 0 Å². The molecule has 3 aliphatic rings. The zero-order chi connectivity index (χ0) is 16.4. The van der Waals surface area contributed by atoms with Crippen molar-refractivity contribution in [3.05, 3.63) is 23.5 Å². The fraction of sp³-hybridized carbons (Fsp3) is 0.810. The molecule has 2 aliphatic heterocycles. The third-order valence-corrected chi connectivity index (χ3v) is 14.7. The summed E-state index contributed by atoms with van der Waals surface area (Å²) in [5.74, 6) is 0. The summed E-state index contributed by atoms with van der Waals surface area (Å²) in [6.07, 6.45) is 19.4. The Morgan fingerprint density at radius 1 is 0.783 bits per heavy atom. The predicted octanol–water partition coefficient (Wildman–Crippen LogP) is 7.47. The van der Waals surface area contributed by atoms with Crippen LogP contribution in [-0.4, -0.2) is 28.3 Å². The van der Waals surface area contributed by atoms with E-state index in [1.54, 1.807) is 0 Å². The number of allylic oxidation sites excluding steroid dienone is 4. The van der Waals surface area contributed by atoms with Gasteiger partial charge in [-0.1, -0.05) is 61.8 Å². The lowest BCUT2D eigenvalue weighted by atomic mass is 10.1. The highest BCUT2D eigenvalue weighted by Crippen LogP contribution is 2.72. The Hall–Kier alpha value is 0.340. The normalized spacial score (nSPS) is 38.6. The van der Waals surface area contributed by atoms with Gasteiger partial charge < -0.3 is 0 Å². The van der Waals surface area contributed by atoms with Crippen LogP contribution in [0, 0.1) is 0 Å². The second-order valence-electron chi connectivity index (χ2n) is 7.68. The first-order valence-electron chi connectivity index (χ1n) is 10.2. The van der Waals surface area contributed by atoms with Gasteiger partial charge in [-0.3, -0.25) is 0 Å². The maximum Gasteiger partial charge on any atom is 0.0233 e. The molecule has 2 saturated heterocycles. The molecular formula is C21H36P2. The van der Waals surface area contributed by atoms with Crippen LogP contribution in [0.25, 0.3) is 0 Å². The highest BCUT2D eigenvalue weighted by atomic mass is 31.1. The van der Waals surface area contributed by atoms with Crippen molar-refractivity contribution in [2.45, 2.75) is 107 Å². The SMILES string of the molecule is CC[C@H]1CC[C@H](CC)P1C1=CC=C[C@H]1P1[C@@H](CC)CC[C@@H]1CC. The van der Waals surface area contributed by atoms with Gasteiger partial charge in [0.25, 0.3) is 0 Å². The summed E-state index contributed by atoms with van der Waals surface area (Å²) in [4.78, 5) is 0. The molecule has 130 valence electrons. The van der Waals surface area contributed by atoms with Crippen LogP contribution in [0.15, 0.2) is 23.5 Å². The third kappa shape index (κ3) is 3.37. The standard InChI is InChI=1S/C21H36P2/c1-5-16-12-13-17(6-2)22(16)20-10-9-11-21(20)23-18(7-3)14-15-19(23)8-4/h9-11,16-20H,5-8,12-15H2,1-4H3/t16-,17-,18-,19-,20+/m0/s1. The lowest BCUT2D eigenvalue weighted by Gasteiger charge is -2.37. The van der Waals surface area contributed by atoms with Crippen LogP contribution in [0.2, 0.25) is 0 Å². The maximum atomic E-state index is 2.64. The monoisotopic (exact) mass is 350 g/mol. The fourth-order valence-electron chi connectivity index (χ4n) is 5.40. The summed E-state index contributed by atoms with van der Waals surface area (Å²) in [5.41, 5.74) is 5.02. The van der Waals surface area contributed by atoms with Gasteiger partial charge in [-0.15, -0.1) is 0 Å². The molecule has 0 amide bonds. The first kappa shape index (κ1) is 18.1. The van der Waals surface area contributed by atoms with Gasteiger partial charge in [0.05, 0.1) is 0 Å². The van der Waals surface area contributed by atoms with Crippen LogP contribution in [-0.2, 0) is 0 Å². The minimum atomic E-state index is 0.138. The third-order valence-electron chi connectivity index (χ3n) is 6.66. The van der Waals surface area contributed by atoms with Gasteiger partial charge >= 0.3 is 0 Å². The highest BCUT2D eigenvalue weighted by molar-refractivity contribution is 7.67. The zero-order valence-corrected chi connectivity index (χ0v) is 17.5. The van der Waals surface area contributed by atoms with Crippen molar-refractivity contribution in [2.75, 3.05) is 0 Å². The average molecular weight is 350 g/mol. The number of hydrogen-bond donors (Lipinski definition) is 0. The molecule has 0 spiro atoms. The van der Waals surface area contributed by atoms with Crippen LogP contribution in [0.4, 0.5) is 0 Å². The topological polar surface area (TPSA) is 0 Å². The Bertz CT molecular complexity index is 429. The van der Waals surface area contributed by atoms with Gasteiger partial charge in [0.1, 0.15) is 0 Å². The summed E-state index contributed by atoms with van der Waals surface area (Å²) in [7, 11) is 0.322. The van der Waals surface area contributed by atoms with Crippen LogP contribution < -0.4 is 0 Å². The molecule has 0 bridgehead atoms. The van der Waals surface area contributed by atoms with E-state index in [2.05, 4.69) is 45.9 Å². The molecule has 2 fully saturated rings. The summed E-state index contributed by atoms with van der Waals surface area (Å²) in [5, 5.41) is 1.95. The molecule has 0 unspecified atom stereocenters. The maximum absolute atomic E-state index is 2.64. The van der Waals surface area contributed by atoms with Gasteiger partial charge in [0.2, 0.25) is 0 Å². The molecule has 0 aromatic heterocycles.